The van der Waals surface area contributed by atoms with Crippen molar-refractivity contribution in [3.05, 3.63) is 78.2 Å². The Labute approximate surface area is 175 Å². The van der Waals surface area contributed by atoms with Gasteiger partial charge >= 0.3 is 0 Å². The second-order valence-electron chi connectivity index (χ2n) is 7.34. The van der Waals surface area contributed by atoms with Crippen LogP contribution in [0.5, 0.6) is 0 Å². The second-order valence-corrected chi connectivity index (χ2v) is 7.34. The number of benzene rings is 2. The van der Waals surface area contributed by atoms with E-state index in [2.05, 4.69) is 11.1 Å². The van der Waals surface area contributed by atoms with Crippen molar-refractivity contribution in [2.75, 3.05) is 0 Å². The van der Waals surface area contributed by atoms with E-state index in [1.54, 1.807) is 18.3 Å². The van der Waals surface area contributed by atoms with E-state index in [1.807, 2.05) is 65.8 Å². The lowest BCUT2D eigenvalue weighted by Crippen LogP contribution is -2.29. The summed E-state index contributed by atoms with van der Waals surface area (Å²) in [5, 5.41) is 1.91. The first kappa shape index (κ1) is 13.7. The number of imidazole rings is 1. The van der Waals surface area contributed by atoms with Crippen LogP contribution in [0.25, 0.3) is 39.1 Å². The molecule has 0 bridgehead atoms. The molecule has 0 aliphatic carbocycles. The predicted octanol–water partition coefficient (Wildman–Crippen LogP) is 5.70. The Morgan fingerprint density at radius 1 is 1.14 bits per heavy atom. The number of pyridine rings is 1. The zero-order valence-electron chi connectivity index (χ0n) is 20.6. The van der Waals surface area contributed by atoms with Crippen LogP contribution < -0.4 is 4.57 Å². The largest absolute Gasteiger partial charge is 0.437 e. The maximum absolute atomic E-state index is 8.73. The summed E-state index contributed by atoms with van der Waals surface area (Å²) in [6.45, 7) is 0.980. The van der Waals surface area contributed by atoms with Gasteiger partial charge in [0, 0.05) is 28.0 Å². The van der Waals surface area contributed by atoms with Gasteiger partial charge in [0.15, 0.2) is 5.58 Å². The number of furan rings is 1. The fraction of sp³-hybridized carbons (Fsp3) is 0.200. The third-order valence-corrected chi connectivity index (χ3v) is 5.42. The highest BCUT2D eigenvalue weighted by Gasteiger charge is 2.27. The molecule has 0 saturated heterocycles. The highest BCUT2D eigenvalue weighted by Crippen LogP contribution is 2.37. The molecule has 0 aliphatic heterocycles. The minimum Gasteiger partial charge on any atom is -0.437 e. The van der Waals surface area contributed by atoms with Crippen molar-refractivity contribution in [3.8, 4) is 17.1 Å². The minimum absolute atomic E-state index is 0.429. The smallest absolute Gasteiger partial charge is 0.297 e. The van der Waals surface area contributed by atoms with Crippen LogP contribution in [-0.2, 0) is 7.05 Å². The molecular weight excluding hydrogens is 358 g/mol. The van der Waals surface area contributed by atoms with Gasteiger partial charge < -0.3 is 4.42 Å². The SMILES string of the molecule is [2H]C([2H])([2H])C([2H])(C)c1ccccc1-n1cc[n+](C)c1-c1c(C)ccc2c1oc1ncccc12. The fourth-order valence-electron chi connectivity index (χ4n) is 4.02. The molecule has 1 unspecified atom stereocenters. The summed E-state index contributed by atoms with van der Waals surface area (Å²) in [7, 11) is 1.94. The first-order valence-electron chi connectivity index (χ1n) is 11.6. The lowest BCUT2D eigenvalue weighted by atomic mass is 10.00. The third kappa shape index (κ3) is 2.67. The van der Waals surface area contributed by atoms with E-state index in [0.29, 0.717) is 17.0 Å². The van der Waals surface area contributed by atoms with Crippen molar-refractivity contribution in [1.82, 2.24) is 9.55 Å². The van der Waals surface area contributed by atoms with Gasteiger partial charge in [0.05, 0.1) is 7.05 Å². The summed E-state index contributed by atoms with van der Waals surface area (Å²) in [5.74, 6) is -0.959. The van der Waals surface area contributed by atoms with E-state index >= 15 is 0 Å². The van der Waals surface area contributed by atoms with E-state index in [-0.39, 0.29) is 0 Å². The number of hydrogen-bond acceptors (Lipinski definition) is 2. The van der Waals surface area contributed by atoms with Crippen LogP contribution in [0.15, 0.2) is 71.5 Å². The molecule has 4 nitrogen and oxygen atoms in total. The average molecular weight is 387 g/mol. The molecule has 0 aliphatic rings. The lowest BCUT2D eigenvalue weighted by molar-refractivity contribution is -0.659. The highest BCUT2D eigenvalue weighted by atomic mass is 16.3. The van der Waals surface area contributed by atoms with Crippen molar-refractivity contribution in [3.63, 3.8) is 0 Å². The van der Waals surface area contributed by atoms with Gasteiger partial charge in [-0.25, -0.2) is 9.55 Å². The number of nitrogens with zero attached hydrogens (tertiary/aromatic N) is 3. The average Bonchev–Trinajstić information content (AvgIpc) is 3.33. The van der Waals surface area contributed by atoms with E-state index in [9.17, 15) is 0 Å². The second kappa shape index (κ2) is 6.59. The lowest BCUT2D eigenvalue weighted by Gasteiger charge is -2.12. The number of rotatable bonds is 3. The zero-order chi connectivity index (χ0) is 23.5. The zero-order valence-corrected chi connectivity index (χ0v) is 16.6. The van der Waals surface area contributed by atoms with Gasteiger partial charge in [-0.1, -0.05) is 44.1 Å². The van der Waals surface area contributed by atoms with Crippen LogP contribution in [-0.4, -0.2) is 9.55 Å². The standard InChI is InChI=1S/C25H24N3O/c1-16(2)18-8-5-6-10-21(18)28-15-14-27(4)25(28)22-17(3)11-12-19-20-9-7-13-26-24(20)29-23(19)22/h5-16H,1-4H3/q+1/i1D3,16D. The fourth-order valence-corrected chi connectivity index (χ4v) is 4.02. The van der Waals surface area contributed by atoms with Crippen LogP contribution in [0.1, 0.15) is 36.3 Å². The Morgan fingerprint density at radius 3 is 2.86 bits per heavy atom. The minimum atomic E-state index is -2.49. The molecule has 2 aromatic carbocycles. The molecule has 3 heterocycles. The summed E-state index contributed by atoms with van der Waals surface area (Å²) in [6, 6.07) is 15.2. The Bertz CT molecular complexity index is 1510. The number of para-hydroxylation sites is 1. The molecule has 0 N–H and O–H groups in total. The Kier molecular flexibility index (Phi) is 3.12. The molecule has 1 atom stereocenters. The first-order chi connectivity index (χ1) is 15.6. The summed E-state index contributed by atoms with van der Waals surface area (Å²) in [4.78, 5) is 4.38. The van der Waals surface area contributed by atoms with E-state index in [1.165, 1.54) is 6.92 Å². The molecule has 3 aromatic heterocycles. The Morgan fingerprint density at radius 2 is 2.00 bits per heavy atom. The number of aromatic nitrogens is 3. The van der Waals surface area contributed by atoms with Crippen molar-refractivity contribution in [2.45, 2.75) is 26.6 Å². The molecule has 5 rings (SSSR count). The van der Waals surface area contributed by atoms with Crippen LogP contribution in [0.4, 0.5) is 0 Å². The van der Waals surface area contributed by atoms with Gasteiger partial charge in [0.2, 0.25) is 5.71 Å². The van der Waals surface area contributed by atoms with Gasteiger partial charge in [0.25, 0.3) is 5.82 Å². The molecule has 144 valence electrons. The maximum atomic E-state index is 8.73. The van der Waals surface area contributed by atoms with E-state index < -0.39 is 12.7 Å². The van der Waals surface area contributed by atoms with Gasteiger partial charge in [-0.3, -0.25) is 0 Å². The van der Waals surface area contributed by atoms with Crippen LogP contribution in [0.3, 0.4) is 0 Å². The summed E-state index contributed by atoms with van der Waals surface area (Å²) >= 11 is 0. The molecule has 0 fully saturated rings. The van der Waals surface area contributed by atoms with Crippen molar-refractivity contribution < 1.29 is 14.5 Å². The molecule has 29 heavy (non-hydrogen) atoms. The molecule has 0 saturated carbocycles. The predicted molar refractivity (Wildman–Crippen MR) is 116 cm³/mol. The van der Waals surface area contributed by atoms with Crippen molar-refractivity contribution in [1.29, 1.82) is 0 Å². The van der Waals surface area contributed by atoms with Crippen molar-refractivity contribution in [2.24, 2.45) is 7.05 Å². The molecule has 0 spiro atoms. The molecule has 5 aromatic rings. The maximum Gasteiger partial charge on any atom is 0.297 e. The number of aryl methyl sites for hydroxylation is 2. The monoisotopic (exact) mass is 386 g/mol. The third-order valence-electron chi connectivity index (χ3n) is 5.42. The molecule has 4 heteroatoms. The summed E-state index contributed by atoms with van der Waals surface area (Å²) in [5.41, 5.74) is 4.28. The van der Waals surface area contributed by atoms with Gasteiger partial charge in [-0.2, -0.15) is 4.57 Å². The van der Waals surface area contributed by atoms with E-state index in [4.69, 9.17) is 9.90 Å². The highest BCUT2D eigenvalue weighted by molar-refractivity contribution is 6.08. The first-order valence-corrected chi connectivity index (χ1v) is 9.55. The Hall–Kier alpha value is -3.40. The Balaban J connectivity index is 1.83. The van der Waals surface area contributed by atoms with Gasteiger partial charge in [-0.05, 0) is 36.6 Å². The number of fused-ring (bicyclic) bond motifs is 3. The molecule has 0 amide bonds. The summed E-state index contributed by atoms with van der Waals surface area (Å²) in [6.07, 6.45) is 5.52. The molecule has 0 radical (unpaired) electrons. The normalized spacial score (nSPS) is 16.2. The van der Waals surface area contributed by atoms with Crippen LogP contribution >= 0.6 is 0 Å². The van der Waals surface area contributed by atoms with E-state index in [0.717, 1.165) is 33.3 Å². The van der Waals surface area contributed by atoms with Crippen LogP contribution in [0.2, 0.25) is 0 Å². The molecular formula is C25H24N3O+. The number of hydrogen-bond donors (Lipinski definition) is 0. The summed E-state index contributed by atoms with van der Waals surface area (Å²) < 4.78 is 42.8. The van der Waals surface area contributed by atoms with Gasteiger partial charge in [0.1, 0.15) is 23.6 Å². The quantitative estimate of drug-likeness (QED) is 0.373. The van der Waals surface area contributed by atoms with Gasteiger partial charge in [-0.15, -0.1) is 0 Å². The van der Waals surface area contributed by atoms with Crippen LogP contribution in [0, 0.1) is 6.92 Å². The topological polar surface area (TPSA) is 34.8 Å². The van der Waals surface area contributed by atoms with Crippen molar-refractivity contribution >= 4 is 22.1 Å².